The molecular formula is C16H28N4. The fourth-order valence-electron chi connectivity index (χ4n) is 2.81. The van der Waals surface area contributed by atoms with Gasteiger partial charge in [-0.3, -0.25) is 0 Å². The Morgan fingerprint density at radius 2 is 2.00 bits per heavy atom. The number of nitrogens with zero attached hydrogens (tertiary/aromatic N) is 3. The average molecular weight is 276 g/mol. The first kappa shape index (κ1) is 15.1. The summed E-state index contributed by atoms with van der Waals surface area (Å²) in [6.07, 6.45) is 1.24. The largest absolute Gasteiger partial charge is 0.370 e. The normalized spacial score (nSPS) is 23.2. The van der Waals surface area contributed by atoms with Crippen molar-refractivity contribution in [3.63, 3.8) is 0 Å². The van der Waals surface area contributed by atoms with Crippen LogP contribution in [-0.4, -0.2) is 29.1 Å². The molecule has 1 aliphatic heterocycles. The fourth-order valence-corrected chi connectivity index (χ4v) is 2.81. The summed E-state index contributed by atoms with van der Waals surface area (Å²) in [5.41, 5.74) is -0.0330. The predicted molar refractivity (Wildman–Crippen MR) is 85.5 cm³/mol. The van der Waals surface area contributed by atoms with Gasteiger partial charge in [-0.2, -0.15) is 0 Å². The molecule has 20 heavy (non-hydrogen) atoms. The highest BCUT2D eigenvalue weighted by atomic mass is 15.2. The lowest BCUT2D eigenvalue weighted by Gasteiger charge is -2.26. The van der Waals surface area contributed by atoms with Gasteiger partial charge in [0, 0.05) is 30.6 Å². The summed E-state index contributed by atoms with van der Waals surface area (Å²) < 4.78 is 0. The standard InChI is InChI=1S/C16H28N4/c1-7-17-13-9-14(19-15(18-13)16(4,5)6)20-10-11(2)8-12(20)3/h9,11-12H,7-8,10H2,1-6H3,(H,17,18,19). The Labute approximate surface area is 123 Å². The molecule has 0 aliphatic carbocycles. The van der Waals surface area contributed by atoms with Gasteiger partial charge >= 0.3 is 0 Å². The second kappa shape index (κ2) is 5.58. The molecular weight excluding hydrogens is 248 g/mol. The van der Waals surface area contributed by atoms with Crippen LogP contribution >= 0.6 is 0 Å². The number of rotatable bonds is 3. The van der Waals surface area contributed by atoms with Gasteiger partial charge in [0.05, 0.1) is 0 Å². The van der Waals surface area contributed by atoms with E-state index < -0.39 is 0 Å². The molecule has 0 aromatic carbocycles. The molecule has 0 saturated carbocycles. The molecule has 0 amide bonds. The predicted octanol–water partition coefficient (Wildman–Crippen LogP) is 3.44. The molecule has 2 unspecified atom stereocenters. The topological polar surface area (TPSA) is 41.0 Å². The maximum atomic E-state index is 4.83. The van der Waals surface area contributed by atoms with Crippen LogP contribution in [0.2, 0.25) is 0 Å². The molecule has 1 aromatic heterocycles. The Morgan fingerprint density at radius 3 is 2.50 bits per heavy atom. The van der Waals surface area contributed by atoms with E-state index in [-0.39, 0.29) is 5.41 Å². The van der Waals surface area contributed by atoms with Gasteiger partial charge in [0.25, 0.3) is 0 Å². The van der Waals surface area contributed by atoms with E-state index >= 15 is 0 Å². The molecule has 1 aromatic rings. The molecule has 2 atom stereocenters. The Bertz CT molecular complexity index is 464. The zero-order chi connectivity index (χ0) is 14.9. The van der Waals surface area contributed by atoms with E-state index in [0.29, 0.717) is 6.04 Å². The van der Waals surface area contributed by atoms with E-state index in [1.807, 2.05) is 0 Å². The average Bonchev–Trinajstić information content (AvgIpc) is 2.67. The number of aromatic nitrogens is 2. The van der Waals surface area contributed by atoms with Crippen LogP contribution in [0.4, 0.5) is 11.6 Å². The summed E-state index contributed by atoms with van der Waals surface area (Å²) >= 11 is 0. The highest BCUT2D eigenvalue weighted by Gasteiger charge is 2.29. The van der Waals surface area contributed by atoms with Crippen molar-refractivity contribution in [3.05, 3.63) is 11.9 Å². The quantitative estimate of drug-likeness (QED) is 0.918. The first-order valence-electron chi connectivity index (χ1n) is 7.71. The SMILES string of the molecule is CCNc1cc(N2CC(C)CC2C)nc(C(C)(C)C)n1. The molecule has 112 valence electrons. The van der Waals surface area contributed by atoms with Crippen LogP contribution < -0.4 is 10.2 Å². The van der Waals surface area contributed by atoms with Crippen molar-refractivity contribution in [1.82, 2.24) is 9.97 Å². The van der Waals surface area contributed by atoms with E-state index in [4.69, 9.17) is 4.98 Å². The Kier molecular flexibility index (Phi) is 4.21. The van der Waals surface area contributed by atoms with Gasteiger partial charge in [0.2, 0.25) is 0 Å². The molecule has 0 spiro atoms. The minimum absolute atomic E-state index is 0.0330. The lowest BCUT2D eigenvalue weighted by atomic mass is 9.96. The van der Waals surface area contributed by atoms with Gasteiger partial charge in [0.1, 0.15) is 17.5 Å². The van der Waals surface area contributed by atoms with Crippen LogP contribution in [0.5, 0.6) is 0 Å². The van der Waals surface area contributed by atoms with Gasteiger partial charge in [-0.05, 0) is 26.2 Å². The van der Waals surface area contributed by atoms with E-state index in [9.17, 15) is 0 Å². The monoisotopic (exact) mass is 276 g/mol. The summed E-state index contributed by atoms with van der Waals surface area (Å²) in [4.78, 5) is 11.9. The van der Waals surface area contributed by atoms with E-state index in [1.165, 1.54) is 6.42 Å². The first-order chi connectivity index (χ1) is 9.31. The molecule has 2 heterocycles. The zero-order valence-corrected chi connectivity index (χ0v) is 13.7. The minimum Gasteiger partial charge on any atom is -0.370 e. The minimum atomic E-state index is -0.0330. The van der Waals surface area contributed by atoms with Gasteiger partial charge in [-0.25, -0.2) is 9.97 Å². The Balaban J connectivity index is 2.39. The van der Waals surface area contributed by atoms with E-state index in [2.05, 4.69) is 62.8 Å². The molecule has 0 radical (unpaired) electrons. The third-order valence-corrected chi connectivity index (χ3v) is 3.82. The lowest BCUT2D eigenvalue weighted by Crippen LogP contribution is -2.29. The van der Waals surface area contributed by atoms with E-state index in [1.54, 1.807) is 0 Å². The second-order valence-corrected chi connectivity index (χ2v) is 7.06. The summed E-state index contributed by atoms with van der Waals surface area (Å²) in [5, 5.41) is 3.33. The molecule has 1 aliphatic rings. The third-order valence-electron chi connectivity index (χ3n) is 3.82. The van der Waals surface area contributed by atoms with Crippen molar-refractivity contribution in [2.75, 3.05) is 23.3 Å². The van der Waals surface area contributed by atoms with Gasteiger partial charge < -0.3 is 10.2 Å². The summed E-state index contributed by atoms with van der Waals surface area (Å²) in [6.45, 7) is 15.2. The van der Waals surface area contributed by atoms with Crippen LogP contribution in [-0.2, 0) is 5.41 Å². The zero-order valence-electron chi connectivity index (χ0n) is 13.7. The Hall–Kier alpha value is -1.32. The van der Waals surface area contributed by atoms with Crippen LogP contribution in [0.1, 0.15) is 53.8 Å². The van der Waals surface area contributed by atoms with Gasteiger partial charge in [-0.1, -0.05) is 27.7 Å². The second-order valence-electron chi connectivity index (χ2n) is 7.06. The van der Waals surface area contributed by atoms with Crippen LogP contribution in [0.25, 0.3) is 0 Å². The fraction of sp³-hybridized carbons (Fsp3) is 0.750. The Morgan fingerprint density at radius 1 is 1.30 bits per heavy atom. The van der Waals surface area contributed by atoms with E-state index in [0.717, 1.165) is 36.5 Å². The number of anilines is 2. The summed E-state index contributed by atoms with van der Waals surface area (Å²) in [7, 11) is 0. The third kappa shape index (κ3) is 3.22. The maximum absolute atomic E-state index is 4.83. The van der Waals surface area contributed by atoms with Crippen LogP contribution in [0, 0.1) is 5.92 Å². The van der Waals surface area contributed by atoms with Crippen molar-refractivity contribution < 1.29 is 0 Å². The van der Waals surface area contributed by atoms with Crippen LogP contribution in [0.15, 0.2) is 6.07 Å². The molecule has 1 N–H and O–H groups in total. The highest BCUT2D eigenvalue weighted by Crippen LogP contribution is 2.30. The number of hydrogen-bond donors (Lipinski definition) is 1. The lowest BCUT2D eigenvalue weighted by molar-refractivity contribution is 0.544. The van der Waals surface area contributed by atoms with Gasteiger partial charge in [-0.15, -0.1) is 0 Å². The highest BCUT2D eigenvalue weighted by molar-refractivity contribution is 5.51. The molecule has 0 bridgehead atoms. The van der Waals surface area contributed by atoms with Crippen molar-refractivity contribution in [2.24, 2.45) is 5.92 Å². The molecule has 4 nitrogen and oxygen atoms in total. The summed E-state index contributed by atoms with van der Waals surface area (Å²) in [6, 6.07) is 2.65. The molecule has 4 heteroatoms. The van der Waals surface area contributed by atoms with Crippen molar-refractivity contribution in [1.29, 1.82) is 0 Å². The summed E-state index contributed by atoms with van der Waals surface area (Å²) in [5.74, 6) is 3.66. The first-order valence-corrected chi connectivity index (χ1v) is 7.71. The maximum Gasteiger partial charge on any atom is 0.138 e. The van der Waals surface area contributed by atoms with Crippen molar-refractivity contribution in [3.8, 4) is 0 Å². The van der Waals surface area contributed by atoms with Crippen LogP contribution in [0.3, 0.4) is 0 Å². The molecule has 1 fully saturated rings. The molecule has 1 saturated heterocycles. The number of nitrogens with one attached hydrogen (secondary N) is 1. The van der Waals surface area contributed by atoms with Gasteiger partial charge in [0.15, 0.2) is 0 Å². The number of hydrogen-bond acceptors (Lipinski definition) is 4. The molecule has 2 rings (SSSR count). The van der Waals surface area contributed by atoms with Crippen molar-refractivity contribution >= 4 is 11.6 Å². The smallest absolute Gasteiger partial charge is 0.138 e. The van der Waals surface area contributed by atoms with Crippen molar-refractivity contribution in [2.45, 2.75) is 59.4 Å².